The van der Waals surface area contributed by atoms with Crippen LogP contribution in [0, 0.1) is 0 Å². The van der Waals surface area contributed by atoms with Gasteiger partial charge in [0.05, 0.1) is 6.61 Å². The highest BCUT2D eigenvalue weighted by Crippen LogP contribution is 2.07. The van der Waals surface area contributed by atoms with E-state index in [-0.39, 0.29) is 6.35 Å². The molecular weight excluding hydrogens is 188 g/mol. The summed E-state index contributed by atoms with van der Waals surface area (Å²) in [7, 11) is 0. The first-order chi connectivity index (χ1) is 7.24. The normalized spacial score (nSPS) is 11.7. The Balaban J connectivity index is 4.44. The van der Waals surface area contributed by atoms with E-state index in [0.717, 1.165) is 26.2 Å². The second-order valence-corrected chi connectivity index (χ2v) is 3.39. The molecule has 0 saturated carbocycles. The van der Waals surface area contributed by atoms with Crippen molar-refractivity contribution in [2.45, 2.75) is 34.0 Å². The van der Waals surface area contributed by atoms with Crippen LogP contribution >= 0.6 is 0 Å². The number of ether oxygens (including phenoxy) is 1. The Morgan fingerprint density at radius 3 is 1.67 bits per heavy atom. The van der Waals surface area contributed by atoms with E-state index in [9.17, 15) is 0 Å². The Bertz CT molecular complexity index is 142. The summed E-state index contributed by atoms with van der Waals surface area (Å²) in [6.45, 7) is 17.0. The van der Waals surface area contributed by atoms with Gasteiger partial charge in [-0.2, -0.15) is 0 Å². The summed E-state index contributed by atoms with van der Waals surface area (Å²) >= 11 is 0. The molecule has 0 aromatic carbocycles. The van der Waals surface area contributed by atoms with Crippen molar-refractivity contribution in [2.75, 3.05) is 32.8 Å². The Kier molecular flexibility index (Phi) is 8.67. The second-order valence-electron chi connectivity index (χ2n) is 3.39. The Labute approximate surface area is 94.7 Å². The maximum atomic E-state index is 5.81. The molecule has 0 aromatic heterocycles. The third-order valence-corrected chi connectivity index (χ3v) is 2.61. The van der Waals surface area contributed by atoms with Crippen LogP contribution in [0.2, 0.25) is 0 Å². The van der Waals surface area contributed by atoms with Gasteiger partial charge in [-0.15, -0.1) is 6.58 Å². The van der Waals surface area contributed by atoms with Crippen molar-refractivity contribution in [3.05, 3.63) is 12.7 Å². The smallest absolute Gasteiger partial charge is 0.168 e. The molecule has 0 aromatic rings. The quantitative estimate of drug-likeness (QED) is 0.432. The molecule has 0 aliphatic carbocycles. The molecule has 0 amide bonds. The predicted octanol–water partition coefficient (Wildman–Crippen LogP) is 2.16. The van der Waals surface area contributed by atoms with Crippen molar-refractivity contribution in [3.63, 3.8) is 0 Å². The van der Waals surface area contributed by atoms with Gasteiger partial charge in [0.2, 0.25) is 0 Å². The first-order valence-corrected chi connectivity index (χ1v) is 5.95. The van der Waals surface area contributed by atoms with Crippen molar-refractivity contribution in [3.8, 4) is 0 Å². The SMILES string of the molecule is C=CCOC(N(CC)CC)N(CC)CC. The standard InChI is InChI=1S/C12H26N2O/c1-6-11-15-12(13(7-2)8-3)14(9-4)10-5/h6,12H,1,7-11H2,2-5H3. The van der Waals surface area contributed by atoms with Gasteiger partial charge in [-0.3, -0.25) is 9.80 Å². The minimum atomic E-state index is 0.0907. The highest BCUT2D eigenvalue weighted by atomic mass is 16.5. The molecule has 0 heterocycles. The topological polar surface area (TPSA) is 15.7 Å². The molecule has 0 unspecified atom stereocenters. The van der Waals surface area contributed by atoms with E-state index in [1.54, 1.807) is 6.08 Å². The lowest BCUT2D eigenvalue weighted by molar-refractivity contribution is -0.140. The molecule has 0 atom stereocenters. The second kappa shape index (κ2) is 8.89. The van der Waals surface area contributed by atoms with Crippen LogP contribution in [0.3, 0.4) is 0 Å². The van der Waals surface area contributed by atoms with Crippen LogP contribution in [0.15, 0.2) is 12.7 Å². The van der Waals surface area contributed by atoms with Crippen LogP contribution in [0.25, 0.3) is 0 Å². The lowest BCUT2D eigenvalue weighted by Crippen LogP contribution is -2.50. The van der Waals surface area contributed by atoms with Gasteiger partial charge in [-0.1, -0.05) is 33.8 Å². The molecule has 0 spiro atoms. The highest BCUT2D eigenvalue weighted by molar-refractivity contribution is 4.68. The Hall–Kier alpha value is -0.380. The van der Waals surface area contributed by atoms with Crippen molar-refractivity contribution >= 4 is 0 Å². The fourth-order valence-corrected chi connectivity index (χ4v) is 1.67. The van der Waals surface area contributed by atoms with Gasteiger partial charge in [0, 0.05) is 0 Å². The monoisotopic (exact) mass is 214 g/mol. The number of hydrogen-bond acceptors (Lipinski definition) is 3. The van der Waals surface area contributed by atoms with Crippen molar-refractivity contribution in [1.82, 2.24) is 9.80 Å². The van der Waals surface area contributed by atoms with Crippen LogP contribution in [0.4, 0.5) is 0 Å². The molecule has 0 rings (SSSR count). The Morgan fingerprint density at radius 2 is 1.40 bits per heavy atom. The summed E-state index contributed by atoms with van der Waals surface area (Å²) in [4.78, 5) is 4.63. The third kappa shape index (κ3) is 4.78. The first kappa shape index (κ1) is 14.6. The first-order valence-electron chi connectivity index (χ1n) is 5.95. The zero-order valence-electron chi connectivity index (χ0n) is 10.7. The van der Waals surface area contributed by atoms with E-state index in [1.807, 2.05) is 0 Å². The van der Waals surface area contributed by atoms with E-state index in [0.29, 0.717) is 6.61 Å². The fraction of sp³-hybridized carbons (Fsp3) is 0.833. The summed E-state index contributed by atoms with van der Waals surface area (Å²) in [6, 6.07) is 0. The van der Waals surface area contributed by atoms with Crippen molar-refractivity contribution in [2.24, 2.45) is 0 Å². The maximum Gasteiger partial charge on any atom is 0.168 e. The van der Waals surface area contributed by atoms with Crippen LogP contribution in [-0.4, -0.2) is 48.9 Å². The van der Waals surface area contributed by atoms with E-state index >= 15 is 0 Å². The molecule has 0 N–H and O–H groups in total. The fourth-order valence-electron chi connectivity index (χ4n) is 1.67. The molecular formula is C12H26N2O. The van der Waals surface area contributed by atoms with E-state index in [2.05, 4.69) is 44.1 Å². The lowest BCUT2D eigenvalue weighted by atomic mass is 10.4. The minimum absolute atomic E-state index is 0.0907. The van der Waals surface area contributed by atoms with Gasteiger partial charge < -0.3 is 4.74 Å². The lowest BCUT2D eigenvalue weighted by Gasteiger charge is -2.37. The summed E-state index contributed by atoms with van der Waals surface area (Å²) in [5, 5.41) is 0. The highest BCUT2D eigenvalue weighted by Gasteiger charge is 2.20. The zero-order valence-corrected chi connectivity index (χ0v) is 10.7. The van der Waals surface area contributed by atoms with Crippen molar-refractivity contribution in [1.29, 1.82) is 0 Å². The number of rotatable bonds is 9. The molecule has 0 aliphatic heterocycles. The molecule has 0 bridgehead atoms. The summed E-state index contributed by atoms with van der Waals surface area (Å²) in [5.74, 6) is 0. The molecule has 3 nitrogen and oxygen atoms in total. The molecule has 0 saturated heterocycles. The summed E-state index contributed by atoms with van der Waals surface area (Å²) < 4.78 is 5.81. The predicted molar refractivity (Wildman–Crippen MR) is 65.8 cm³/mol. The van der Waals surface area contributed by atoms with Crippen LogP contribution < -0.4 is 0 Å². The zero-order chi connectivity index (χ0) is 11.7. The Morgan fingerprint density at radius 1 is 1.00 bits per heavy atom. The van der Waals surface area contributed by atoms with Gasteiger partial charge in [0.1, 0.15) is 0 Å². The third-order valence-electron chi connectivity index (χ3n) is 2.61. The molecule has 0 radical (unpaired) electrons. The van der Waals surface area contributed by atoms with E-state index < -0.39 is 0 Å². The minimum Gasteiger partial charge on any atom is -0.345 e. The number of nitrogens with zero attached hydrogens (tertiary/aromatic N) is 2. The van der Waals surface area contributed by atoms with E-state index in [1.165, 1.54) is 0 Å². The maximum absolute atomic E-state index is 5.81. The average molecular weight is 214 g/mol. The molecule has 3 heteroatoms. The van der Waals surface area contributed by atoms with Gasteiger partial charge in [0.15, 0.2) is 6.35 Å². The van der Waals surface area contributed by atoms with Crippen molar-refractivity contribution < 1.29 is 4.74 Å². The van der Waals surface area contributed by atoms with Gasteiger partial charge in [-0.05, 0) is 26.2 Å². The van der Waals surface area contributed by atoms with Crippen LogP contribution in [0.5, 0.6) is 0 Å². The molecule has 15 heavy (non-hydrogen) atoms. The van der Waals surface area contributed by atoms with Gasteiger partial charge in [-0.25, -0.2) is 0 Å². The van der Waals surface area contributed by atoms with Gasteiger partial charge in [0.25, 0.3) is 0 Å². The van der Waals surface area contributed by atoms with Crippen LogP contribution in [-0.2, 0) is 4.74 Å². The molecule has 90 valence electrons. The summed E-state index contributed by atoms with van der Waals surface area (Å²) in [6.07, 6.45) is 1.90. The van der Waals surface area contributed by atoms with Gasteiger partial charge >= 0.3 is 0 Å². The summed E-state index contributed by atoms with van der Waals surface area (Å²) in [5.41, 5.74) is 0. The average Bonchev–Trinajstić information content (AvgIpc) is 2.28. The number of hydrogen-bond donors (Lipinski definition) is 0. The molecule has 0 aliphatic rings. The molecule has 0 fully saturated rings. The van der Waals surface area contributed by atoms with E-state index in [4.69, 9.17) is 4.74 Å². The van der Waals surface area contributed by atoms with Crippen LogP contribution in [0.1, 0.15) is 27.7 Å². The largest absolute Gasteiger partial charge is 0.345 e.